The number of aryl methyl sites for hydroxylation is 1. The standard InChI is InChI=1S/C19H24N8/c1-12-23-24-17-16(20-7-8-25(12)17)27-11-13-9-14(27)10-26(13)15-5-6-21-18(22-15)19(2,3)4/h5-8,13-14H,9-11H2,1-4H3. The summed E-state index contributed by atoms with van der Waals surface area (Å²) in [5, 5.41) is 8.54. The molecule has 2 saturated heterocycles. The van der Waals surface area contributed by atoms with Crippen LogP contribution in [0.1, 0.15) is 38.8 Å². The van der Waals surface area contributed by atoms with Gasteiger partial charge >= 0.3 is 0 Å². The number of fused-ring (bicyclic) bond motifs is 3. The predicted octanol–water partition coefficient (Wildman–Crippen LogP) is 1.99. The van der Waals surface area contributed by atoms with Gasteiger partial charge in [0.15, 0.2) is 5.82 Å². The summed E-state index contributed by atoms with van der Waals surface area (Å²) in [6.45, 7) is 10.3. The van der Waals surface area contributed by atoms with Gasteiger partial charge in [-0.1, -0.05) is 20.8 Å². The number of anilines is 2. The molecule has 27 heavy (non-hydrogen) atoms. The van der Waals surface area contributed by atoms with Crippen molar-refractivity contribution < 1.29 is 0 Å². The second kappa shape index (κ2) is 5.61. The number of aromatic nitrogens is 6. The van der Waals surface area contributed by atoms with Gasteiger partial charge in [-0.15, -0.1) is 10.2 Å². The van der Waals surface area contributed by atoms with Crippen molar-refractivity contribution in [2.24, 2.45) is 0 Å². The first-order valence-electron chi connectivity index (χ1n) is 9.45. The molecule has 0 aromatic carbocycles. The van der Waals surface area contributed by atoms with Crippen LogP contribution in [0.5, 0.6) is 0 Å². The monoisotopic (exact) mass is 364 g/mol. The lowest BCUT2D eigenvalue weighted by Crippen LogP contribution is -2.47. The van der Waals surface area contributed by atoms with Gasteiger partial charge in [0, 0.05) is 37.1 Å². The van der Waals surface area contributed by atoms with Gasteiger partial charge in [0.2, 0.25) is 5.65 Å². The second-order valence-corrected chi connectivity index (χ2v) is 8.53. The molecule has 0 aliphatic carbocycles. The Kier molecular flexibility index (Phi) is 3.41. The molecule has 5 rings (SSSR count). The molecule has 2 unspecified atom stereocenters. The van der Waals surface area contributed by atoms with Crippen molar-refractivity contribution >= 4 is 17.3 Å². The van der Waals surface area contributed by atoms with E-state index in [4.69, 9.17) is 4.98 Å². The van der Waals surface area contributed by atoms with Crippen LogP contribution in [0.2, 0.25) is 0 Å². The van der Waals surface area contributed by atoms with Gasteiger partial charge in [-0.3, -0.25) is 4.40 Å². The minimum atomic E-state index is -0.0497. The molecule has 0 saturated carbocycles. The smallest absolute Gasteiger partial charge is 0.203 e. The van der Waals surface area contributed by atoms with Crippen molar-refractivity contribution in [2.75, 3.05) is 22.9 Å². The summed E-state index contributed by atoms with van der Waals surface area (Å²) >= 11 is 0. The minimum absolute atomic E-state index is 0.0497. The highest BCUT2D eigenvalue weighted by atomic mass is 15.4. The van der Waals surface area contributed by atoms with Crippen LogP contribution in [0.15, 0.2) is 24.7 Å². The van der Waals surface area contributed by atoms with E-state index < -0.39 is 0 Å². The molecule has 2 bridgehead atoms. The zero-order valence-corrected chi connectivity index (χ0v) is 16.2. The van der Waals surface area contributed by atoms with Crippen LogP contribution in [-0.4, -0.2) is 54.7 Å². The maximum absolute atomic E-state index is 4.85. The van der Waals surface area contributed by atoms with Gasteiger partial charge in [0.25, 0.3) is 0 Å². The van der Waals surface area contributed by atoms with Gasteiger partial charge in [0.1, 0.15) is 17.5 Å². The highest BCUT2D eigenvalue weighted by Gasteiger charge is 2.45. The molecule has 0 amide bonds. The van der Waals surface area contributed by atoms with Crippen LogP contribution in [-0.2, 0) is 5.41 Å². The van der Waals surface area contributed by atoms with Crippen molar-refractivity contribution in [3.8, 4) is 0 Å². The number of nitrogens with zero attached hydrogens (tertiary/aromatic N) is 8. The van der Waals surface area contributed by atoms with E-state index >= 15 is 0 Å². The van der Waals surface area contributed by atoms with Gasteiger partial charge in [0.05, 0.1) is 12.1 Å². The number of hydrogen-bond donors (Lipinski definition) is 0. The van der Waals surface area contributed by atoms with Crippen molar-refractivity contribution in [1.29, 1.82) is 0 Å². The van der Waals surface area contributed by atoms with Gasteiger partial charge < -0.3 is 9.80 Å². The third-order valence-corrected chi connectivity index (χ3v) is 5.60. The minimum Gasteiger partial charge on any atom is -0.350 e. The van der Waals surface area contributed by atoms with Crippen LogP contribution in [0, 0.1) is 6.92 Å². The lowest BCUT2D eigenvalue weighted by molar-refractivity contribution is 0.541. The Morgan fingerprint density at radius 2 is 1.78 bits per heavy atom. The Hall–Kier alpha value is -2.77. The van der Waals surface area contributed by atoms with Gasteiger partial charge in [-0.2, -0.15) is 0 Å². The molecule has 0 N–H and O–H groups in total. The largest absolute Gasteiger partial charge is 0.350 e. The fourth-order valence-electron chi connectivity index (χ4n) is 4.21. The first kappa shape index (κ1) is 16.4. The molecule has 5 heterocycles. The fraction of sp³-hybridized carbons (Fsp3) is 0.526. The average molecular weight is 364 g/mol. The molecule has 3 aromatic rings. The Bertz CT molecular complexity index is 1000. The van der Waals surface area contributed by atoms with Crippen molar-refractivity contribution in [2.45, 2.75) is 51.6 Å². The molecule has 2 atom stereocenters. The van der Waals surface area contributed by atoms with E-state index in [2.05, 4.69) is 50.7 Å². The zero-order valence-electron chi connectivity index (χ0n) is 16.2. The van der Waals surface area contributed by atoms with E-state index in [1.54, 1.807) is 0 Å². The maximum Gasteiger partial charge on any atom is 0.203 e. The normalized spacial score (nSPS) is 22.2. The quantitative estimate of drug-likeness (QED) is 0.688. The molecule has 8 nitrogen and oxygen atoms in total. The number of hydrogen-bond acceptors (Lipinski definition) is 7. The Morgan fingerprint density at radius 3 is 2.52 bits per heavy atom. The van der Waals surface area contributed by atoms with Crippen LogP contribution in [0.25, 0.3) is 5.65 Å². The third-order valence-electron chi connectivity index (χ3n) is 5.60. The Labute approximate surface area is 158 Å². The average Bonchev–Trinajstić information content (AvgIpc) is 3.35. The highest BCUT2D eigenvalue weighted by Crippen LogP contribution is 2.37. The molecule has 8 heteroatoms. The molecule has 140 valence electrons. The van der Waals surface area contributed by atoms with Crippen molar-refractivity contribution in [3.05, 3.63) is 36.3 Å². The first-order chi connectivity index (χ1) is 12.9. The molecule has 0 spiro atoms. The lowest BCUT2D eigenvalue weighted by Gasteiger charge is -2.35. The molecular weight excluding hydrogens is 340 g/mol. The van der Waals surface area contributed by atoms with Crippen LogP contribution in [0.3, 0.4) is 0 Å². The molecule has 2 aliphatic rings. The summed E-state index contributed by atoms with van der Waals surface area (Å²) in [6, 6.07) is 2.88. The van der Waals surface area contributed by atoms with E-state index in [1.165, 1.54) is 0 Å². The summed E-state index contributed by atoms with van der Waals surface area (Å²) in [5.74, 6) is 3.75. The van der Waals surface area contributed by atoms with E-state index in [1.807, 2.05) is 36.0 Å². The van der Waals surface area contributed by atoms with Gasteiger partial charge in [-0.25, -0.2) is 15.0 Å². The van der Waals surface area contributed by atoms with Crippen LogP contribution < -0.4 is 9.80 Å². The summed E-state index contributed by atoms with van der Waals surface area (Å²) in [6.07, 6.45) is 6.75. The molecule has 2 aliphatic heterocycles. The number of piperazine rings is 1. The molecule has 2 fully saturated rings. The molecular formula is C19H24N8. The molecule has 3 aromatic heterocycles. The Balaban J connectivity index is 1.42. The summed E-state index contributed by atoms with van der Waals surface area (Å²) in [5.41, 5.74) is 0.789. The zero-order chi connectivity index (χ0) is 18.8. The fourth-order valence-corrected chi connectivity index (χ4v) is 4.21. The van der Waals surface area contributed by atoms with E-state index in [9.17, 15) is 0 Å². The SMILES string of the molecule is Cc1nnc2c(N3CC4CC3CN4c3ccnc(C(C)(C)C)n3)nccn12. The third kappa shape index (κ3) is 2.54. The summed E-state index contributed by atoms with van der Waals surface area (Å²) < 4.78 is 2.01. The highest BCUT2D eigenvalue weighted by molar-refractivity contribution is 5.66. The van der Waals surface area contributed by atoms with Gasteiger partial charge in [-0.05, 0) is 19.4 Å². The van der Waals surface area contributed by atoms with Crippen LogP contribution in [0.4, 0.5) is 11.6 Å². The lowest BCUT2D eigenvalue weighted by atomic mass is 9.96. The maximum atomic E-state index is 4.85. The van der Waals surface area contributed by atoms with E-state index in [0.717, 1.165) is 48.4 Å². The first-order valence-corrected chi connectivity index (χ1v) is 9.45. The van der Waals surface area contributed by atoms with E-state index in [0.29, 0.717) is 12.1 Å². The van der Waals surface area contributed by atoms with E-state index in [-0.39, 0.29) is 5.41 Å². The topological polar surface area (TPSA) is 75.3 Å². The number of rotatable bonds is 2. The summed E-state index contributed by atoms with van der Waals surface area (Å²) in [7, 11) is 0. The second-order valence-electron chi connectivity index (χ2n) is 8.53. The van der Waals surface area contributed by atoms with Crippen molar-refractivity contribution in [1.82, 2.24) is 29.5 Å². The Morgan fingerprint density at radius 1 is 1.00 bits per heavy atom. The summed E-state index contributed by atoms with van der Waals surface area (Å²) in [4.78, 5) is 18.7. The predicted molar refractivity (Wildman–Crippen MR) is 103 cm³/mol. The van der Waals surface area contributed by atoms with Crippen LogP contribution >= 0.6 is 0 Å². The van der Waals surface area contributed by atoms with Crippen molar-refractivity contribution in [3.63, 3.8) is 0 Å². The molecule has 0 radical (unpaired) electrons.